The highest BCUT2D eigenvalue weighted by molar-refractivity contribution is 5.66. The van der Waals surface area contributed by atoms with Crippen LogP contribution in [0.25, 0.3) is 11.1 Å². The molecule has 1 nitrogen and oxygen atoms in total. The third-order valence-corrected chi connectivity index (χ3v) is 4.70. The van der Waals surface area contributed by atoms with Crippen LogP contribution in [0.5, 0.6) is 0 Å². The van der Waals surface area contributed by atoms with Crippen molar-refractivity contribution < 1.29 is 0 Å². The first-order valence-corrected chi connectivity index (χ1v) is 8.13. The SMILES string of the molecule is CCCNC1CCc2cc(-c3ccc(C)c(C)c3)ccc21. The lowest BCUT2D eigenvalue weighted by Crippen LogP contribution is -2.19. The van der Waals surface area contributed by atoms with Crippen LogP contribution in [-0.2, 0) is 6.42 Å². The molecule has 0 aromatic heterocycles. The van der Waals surface area contributed by atoms with E-state index in [1.54, 1.807) is 0 Å². The second-order valence-corrected chi connectivity index (χ2v) is 6.26. The molecule has 0 heterocycles. The number of rotatable bonds is 4. The first-order chi connectivity index (χ1) is 10.2. The molecule has 1 atom stereocenters. The molecule has 2 aromatic rings. The van der Waals surface area contributed by atoms with Gasteiger partial charge in [-0.2, -0.15) is 0 Å². The maximum atomic E-state index is 3.66. The maximum Gasteiger partial charge on any atom is 0.0326 e. The van der Waals surface area contributed by atoms with Crippen LogP contribution in [0, 0.1) is 13.8 Å². The molecule has 21 heavy (non-hydrogen) atoms. The fourth-order valence-corrected chi connectivity index (χ4v) is 3.25. The minimum absolute atomic E-state index is 0.564. The second kappa shape index (κ2) is 6.03. The lowest BCUT2D eigenvalue weighted by atomic mass is 9.97. The van der Waals surface area contributed by atoms with Gasteiger partial charge in [-0.3, -0.25) is 0 Å². The molecule has 2 aromatic carbocycles. The molecule has 1 unspecified atom stereocenters. The van der Waals surface area contributed by atoms with Crippen molar-refractivity contribution in [3.05, 3.63) is 58.7 Å². The van der Waals surface area contributed by atoms with Gasteiger partial charge in [0.15, 0.2) is 0 Å². The standard InChI is InChI=1S/C20H25N/c1-4-11-21-20-10-8-18-13-17(7-9-19(18)20)16-6-5-14(2)15(3)12-16/h5-7,9,12-13,20-21H,4,8,10-11H2,1-3H3. The van der Waals surface area contributed by atoms with Gasteiger partial charge in [-0.15, -0.1) is 0 Å². The number of fused-ring (bicyclic) bond motifs is 1. The molecule has 0 amide bonds. The number of benzene rings is 2. The first kappa shape index (κ1) is 14.3. The Kier molecular flexibility index (Phi) is 4.12. The van der Waals surface area contributed by atoms with Crippen LogP contribution in [0.1, 0.15) is 48.1 Å². The lowest BCUT2D eigenvalue weighted by Gasteiger charge is -2.14. The molecule has 0 fully saturated rings. The highest BCUT2D eigenvalue weighted by Crippen LogP contribution is 2.34. The summed E-state index contributed by atoms with van der Waals surface area (Å²) in [6.07, 6.45) is 3.65. The van der Waals surface area contributed by atoms with Crippen molar-refractivity contribution in [1.29, 1.82) is 0 Å². The maximum absolute atomic E-state index is 3.66. The highest BCUT2D eigenvalue weighted by Gasteiger charge is 2.21. The van der Waals surface area contributed by atoms with Crippen LogP contribution in [0.2, 0.25) is 0 Å². The minimum Gasteiger partial charge on any atom is -0.310 e. The Morgan fingerprint density at radius 1 is 1.00 bits per heavy atom. The zero-order valence-electron chi connectivity index (χ0n) is 13.4. The summed E-state index contributed by atoms with van der Waals surface area (Å²) in [6, 6.07) is 14.4. The Labute approximate surface area is 128 Å². The summed E-state index contributed by atoms with van der Waals surface area (Å²) in [5, 5.41) is 3.66. The summed E-state index contributed by atoms with van der Waals surface area (Å²) in [5.41, 5.74) is 8.47. The van der Waals surface area contributed by atoms with Crippen molar-refractivity contribution in [1.82, 2.24) is 5.32 Å². The van der Waals surface area contributed by atoms with E-state index < -0.39 is 0 Å². The molecule has 0 bridgehead atoms. The Balaban J connectivity index is 1.88. The van der Waals surface area contributed by atoms with Crippen LogP contribution >= 0.6 is 0 Å². The average molecular weight is 279 g/mol. The van der Waals surface area contributed by atoms with E-state index in [4.69, 9.17) is 0 Å². The average Bonchev–Trinajstić information content (AvgIpc) is 2.90. The lowest BCUT2D eigenvalue weighted by molar-refractivity contribution is 0.529. The summed E-state index contributed by atoms with van der Waals surface area (Å²) in [7, 11) is 0. The summed E-state index contributed by atoms with van der Waals surface area (Å²) in [5.74, 6) is 0. The van der Waals surface area contributed by atoms with E-state index in [-0.39, 0.29) is 0 Å². The first-order valence-electron chi connectivity index (χ1n) is 8.13. The van der Waals surface area contributed by atoms with E-state index in [1.165, 1.54) is 52.6 Å². The Bertz CT molecular complexity index is 642. The Hall–Kier alpha value is -1.60. The van der Waals surface area contributed by atoms with Gasteiger partial charge in [0.2, 0.25) is 0 Å². The Morgan fingerprint density at radius 3 is 2.52 bits per heavy atom. The van der Waals surface area contributed by atoms with Gasteiger partial charge >= 0.3 is 0 Å². The highest BCUT2D eigenvalue weighted by atomic mass is 14.9. The topological polar surface area (TPSA) is 12.0 Å². The van der Waals surface area contributed by atoms with E-state index in [9.17, 15) is 0 Å². The van der Waals surface area contributed by atoms with Crippen molar-refractivity contribution in [2.75, 3.05) is 6.54 Å². The Morgan fingerprint density at radius 2 is 1.76 bits per heavy atom. The van der Waals surface area contributed by atoms with Crippen molar-refractivity contribution in [3.8, 4) is 11.1 Å². The number of hydrogen-bond acceptors (Lipinski definition) is 1. The van der Waals surface area contributed by atoms with Crippen LogP contribution < -0.4 is 5.32 Å². The van der Waals surface area contributed by atoms with Gasteiger partial charge in [0.25, 0.3) is 0 Å². The third kappa shape index (κ3) is 2.89. The molecule has 1 heteroatoms. The molecule has 0 saturated heterocycles. The minimum atomic E-state index is 0.564. The van der Waals surface area contributed by atoms with E-state index in [1.807, 2.05) is 0 Å². The van der Waals surface area contributed by atoms with Gasteiger partial charge < -0.3 is 5.32 Å². The molecule has 1 aliphatic carbocycles. The van der Waals surface area contributed by atoms with E-state index in [0.29, 0.717) is 6.04 Å². The fraction of sp³-hybridized carbons (Fsp3) is 0.400. The molecule has 3 rings (SSSR count). The second-order valence-electron chi connectivity index (χ2n) is 6.26. The molecule has 1 aliphatic rings. The predicted molar refractivity (Wildman–Crippen MR) is 90.7 cm³/mol. The summed E-state index contributed by atoms with van der Waals surface area (Å²) in [6.45, 7) is 7.71. The molecular weight excluding hydrogens is 254 g/mol. The van der Waals surface area contributed by atoms with Crippen molar-refractivity contribution in [2.24, 2.45) is 0 Å². The third-order valence-electron chi connectivity index (χ3n) is 4.70. The number of nitrogens with one attached hydrogen (secondary N) is 1. The normalized spacial score (nSPS) is 17.0. The van der Waals surface area contributed by atoms with Crippen molar-refractivity contribution in [3.63, 3.8) is 0 Å². The van der Waals surface area contributed by atoms with E-state index in [2.05, 4.69) is 62.5 Å². The zero-order chi connectivity index (χ0) is 14.8. The number of aryl methyl sites for hydroxylation is 3. The van der Waals surface area contributed by atoms with Gasteiger partial charge in [-0.1, -0.05) is 43.3 Å². The molecular formula is C20H25N. The predicted octanol–water partition coefficient (Wildman–Crippen LogP) is 4.96. The van der Waals surface area contributed by atoms with Gasteiger partial charge in [0, 0.05) is 6.04 Å². The molecule has 110 valence electrons. The molecule has 0 spiro atoms. The van der Waals surface area contributed by atoms with Gasteiger partial charge in [-0.05, 0) is 73.0 Å². The molecule has 1 N–H and O–H groups in total. The summed E-state index contributed by atoms with van der Waals surface area (Å²) >= 11 is 0. The van der Waals surface area contributed by atoms with Crippen LogP contribution in [-0.4, -0.2) is 6.54 Å². The van der Waals surface area contributed by atoms with Crippen LogP contribution in [0.4, 0.5) is 0 Å². The van der Waals surface area contributed by atoms with Crippen molar-refractivity contribution in [2.45, 2.75) is 46.1 Å². The summed E-state index contributed by atoms with van der Waals surface area (Å²) in [4.78, 5) is 0. The van der Waals surface area contributed by atoms with Gasteiger partial charge in [0.1, 0.15) is 0 Å². The fourth-order valence-electron chi connectivity index (χ4n) is 3.25. The van der Waals surface area contributed by atoms with Gasteiger partial charge in [-0.25, -0.2) is 0 Å². The van der Waals surface area contributed by atoms with Crippen molar-refractivity contribution >= 4 is 0 Å². The smallest absolute Gasteiger partial charge is 0.0326 e. The zero-order valence-corrected chi connectivity index (χ0v) is 13.4. The summed E-state index contributed by atoms with van der Waals surface area (Å²) < 4.78 is 0. The molecule has 0 aliphatic heterocycles. The number of hydrogen-bond donors (Lipinski definition) is 1. The molecule has 0 saturated carbocycles. The quantitative estimate of drug-likeness (QED) is 0.834. The van der Waals surface area contributed by atoms with Gasteiger partial charge in [0.05, 0.1) is 0 Å². The monoisotopic (exact) mass is 279 g/mol. The van der Waals surface area contributed by atoms with Crippen LogP contribution in [0.3, 0.4) is 0 Å². The van der Waals surface area contributed by atoms with Crippen LogP contribution in [0.15, 0.2) is 36.4 Å². The van der Waals surface area contributed by atoms with E-state index in [0.717, 1.165) is 6.54 Å². The van der Waals surface area contributed by atoms with E-state index >= 15 is 0 Å². The molecule has 0 radical (unpaired) electrons. The largest absolute Gasteiger partial charge is 0.310 e.